The average molecular weight is 473 g/mol. The first-order chi connectivity index (χ1) is 16.3. The zero-order valence-corrected chi connectivity index (χ0v) is 18.1. The number of benzene rings is 2. The summed E-state index contributed by atoms with van der Waals surface area (Å²) < 4.78 is 59.0. The Hall–Kier alpha value is -4.53. The number of aromatic amines is 1. The van der Waals surface area contributed by atoms with Gasteiger partial charge in [-0.3, -0.25) is 0 Å². The second-order valence-corrected chi connectivity index (χ2v) is 6.89. The SMILES string of the molecule is COc1cc(-c2[nH]c3c(C#N)cnn3c2Nc2ccc(OC(F)(F)F)cc2)cc(OC)c1OC. The lowest BCUT2D eigenvalue weighted by molar-refractivity contribution is -0.274. The number of imidazole rings is 1. The third-order valence-electron chi connectivity index (χ3n) is 4.89. The minimum Gasteiger partial charge on any atom is -0.493 e. The average Bonchev–Trinajstić information content (AvgIpc) is 3.38. The van der Waals surface area contributed by atoms with Crippen LogP contribution in [-0.4, -0.2) is 42.3 Å². The van der Waals surface area contributed by atoms with E-state index in [4.69, 9.17) is 14.2 Å². The van der Waals surface area contributed by atoms with Gasteiger partial charge in [0.2, 0.25) is 5.75 Å². The highest BCUT2D eigenvalue weighted by molar-refractivity contribution is 5.83. The van der Waals surface area contributed by atoms with Gasteiger partial charge in [0.1, 0.15) is 17.4 Å². The molecule has 0 spiro atoms. The largest absolute Gasteiger partial charge is 0.573 e. The van der Waals surface area contributed by atoms with Crippen molar-refractivity contribution in [2.75, 3.05) is 26.6 Å². The maximum Gasteiger partial charge on any atom is 0.573 e. The van der Waals surface area contributed by atoms with Crippen LogP contribution in [0.4, 0.5) is 24.7 Å². The summed E-state index contributed by atoms with van der Waals surface area (Å²) in [6.45, 7) is 0. The van der Waals surface area contributed by atoms with Gasteiger partial charge >= 0.3 is 6.36 Å². The van der Waals surface area contributed by atoms with Crippen molar-refractivity contribution in [3.8, 4) is 40.3 Å². The summed E-state index contributed by atoms with van der Waals surface area (Å²) in [5.74, 6) is 1.29. The topological polar surface area (TPSA) is 106 Å². The number of nitrogens with one attached hydrogen (secondary N) is 2. The van der Waals surface area contributed by atoms with Crippen LogP contribution in [0.2, 0.25) is 0 Å². The lowest BCUT2D eigenvalue weighted by atomic mass is 10.1. The Balaban J connectivity index is 1.82. The van der Waals surface area contributed by atoms with E-state index in [2.05, 4.69) is 26.2 Å². The van der Waals surface area contributed by atoms with Crippen LogP contribution in [0.5, 0.6) is 23.0 Å². The summed E-state index contributed by atoms with van der Waals surface area (Å²) >= 11 is 0. The molecular formula is C22H18F3N5O4. The van der Waals surface area contributed by atoms with E-state index in [1.54, 1.807) is 12.1 Å². The Morgan fingerprint density at radius 3 is 2.21 bits per heavy atom. The predicted molar refractivity (Wildman–Crippen MR) is 116 cm³/mol. The fraction of sp³-hybridized carbons (Fsp3) is 0.182. The zero-order chi connectivity index (χ0) is 24.5. The molecule has 0 fully saturated rings. The first-order valence-corrected chi connectivity index (χ1v) is 9.71. The predicted octanol–water partition coefficient (Wildman–Crippen LogP) is 4.87. The molecule has 4 aromatic rings. The van der Waals surface area contributed by atoms with Crippen molar-refractivity contribution in [1.82, 2.24) is 14.6 Å². The number of anilines is 2. The molecule has 0 unspecified atom stereocenters. The summed E-state index contributed by atoms with van der Waals surface area (Å²) in [6, 6.07) is 10.7. The van der Waals surface area contributed by atoms with E-state index < -0.39 is 6.36 Å². The highest BCUT2D eigenvalue weighted by Crippen LogP contribution is 2.43. The van der Waals surface area contributed by atoms with E-state index in [1.807, 2.05) is 0 Å². The van der Waals surface area contributed by atoms with Gasteiger partial charge in [0.25, 0.3) is 0 Å². The smallest absolute Gasteiger partial charge is 0.493 e. The lowest BCUT2D eigenvalue weighted by Crippen LogP contribution is -2.17. The molecule has 2 N–H and O–H groups in total. The van der Waals surface area contributed by atoms with Crippen molar-refractivity contribution < 1.29 is 32.1 Å². The number of H-pyrrole nitrogens is 1. The molecule has 176 valence electrons. The molecule has 0 bridgehead atoms. The third-order valence-corrected chi connectivity index (χ3v) is 4.89. The van der Waals surface area contributed by atoms with E-state index >= 15 is 0 Å². The number of halogens is 3. The van der Waals surface area contributed by atoms with E-state index in [-0.39, 0.29) is 5.75 Å². The fourth-order valence-corrected chi connectivity index (χ4v) is 3.43. The second-order valence-electron chi connectivity index (χ2n) is 6.89. The summed E-state index contributed by atoms with van der Waals surface area (Å²) in [4.78, 5) is 3.17. The Morgan fingerprint density at radius 2 is 1.68 bits per heavy atom. The number of hydrogen-bond acceptors (Lipinski definition) is 7. The van der Waals surface area contributed by atoms with Gasteiger partial charge in [-0.15, -0.1) is 13.2 Å². The summed E-state index contributed by atoms with van der Waals surface area (Å²) in [5.41, 5.74) is 2.32. The number of nitriles is 1. The van der Waals surface area contributed by atoms with Crippen LogP contribution in [0.25, 0.3) is 16.9 Å². The number of fused-ring (bicyclic) bond motifs is 1. The molecule has 0 amide bonds. The molecule has 0 atom stereocenters. The first-order valence-electron chi connectivity index (χ1n) is 9.71. The second kappa shape index (κ2) is 8.78. The molecule has 12 heteroatoms. The number of nitrogens with zero attached hydrogens (tertiary/aromatic N) is 3. The molecule has 0 radical (unpaired) electrons. The zero-order valence-electron chi connectivity index (χ0n) is 18.1. The molecule has 0 saturated carbocycles. The molecular weight excluding hydrogens is 455 g/mol. The van der Waals surface area contributed by atoms with Gasteiger partial charge in [0, 0.05) is 11.3 Å². The first kappa shape index (κ1) is 22.7. The molecule has 34 heavy (non-hydrogen) atoms. The molecule has 0 saturated heterocycles. The molecule has 0 aliphatic heterocycles. The lowest BCUT2D eigenvalue weighted by Gasteiger charge is -2.15. The van der Waals surface area contributed by atoms with Gasteiger partial charge in [0.15, 0.2) is 23.0 Å². The van der Waals surface area contributed by atoms with Crippen molar-refractivity contribution >= 4 is 17.2 Å². The Kier molecular flexibility index (Phi) is 5.85. The van der Waals surface area contributed by atoms with Gasteiger partial charge in [-0.2, -0.15) is 14.9 Å². The minimum atomic E-state index is -4.79. The number of alkyl halides is 3. The highest BCUT2D eigenvalue weighted by Gasteiger charge is 2.31. The van der Waals surface area contributed by atoms with Gasteiger partial charge in [-0.25, -0.2) is 0 Å². The Bertz CT molecular complexity index is 1350. The maximum atomic E-state index is 12.5. The van der Waals surface area contributed by atoms with Crippen LogP contribution in [-0.2, 0) is 0 Å². The van der Waals surface area contributed by atoms with Gasteiger partial charge in [-0.1, -0.05) is 0 Å². The number of ether oxygens (including phenoxy) is 4. The van der Waals surface area contributed by atoms with Crippen LogP contribution >= 0.6 is 0 Å². The van der Waals surface area contributed by atoms with Crippen LogP contribution in [0.3, 0.4) is 0 Å². The number of aromatic nitrogens is 3. The number of rotatable bonds is 7. The van der Waals surface area contributed by atoms with Crippen LogP contribution < -0.4 is 24.3 Å². The maximum absolute atomic E-state index is 12.5. The minimum absolute atomic E-state index is 0.302. The molecule has 2 heterocycles. The van der Waals surface area contributed by atoms with Gasteiger partial charge in [-0.05, 0) is 36.4 Å². The van der Waals surface area contributed by atoms with E-state index in [9.17, 15) is 18.4 Å². The third kappa shape index (κ3) is 4.23. The molecule has 0 aliphatic carbocycles. The molecule has 2 aromatic heterocycles. The van der Waals surface area contributed by atoms with Crippen LogP contribution in [0, 0.1) is 11.3 Å². The van der Waals surface area contributed by atoms with E-state index in [1.165, 1.54) is 56.3 Å². The van der Waals surface area contributed by atoms with Crippen molar-refractivity contribution in [3.05, 3.63) is 48.2 Å². The standard InChI is InChI=1S/C22H18F3N5O4/c1-31-16-8-12(9-17(32-2)19(16)33-3)18-21(30-20(29-18)13(10-26)11-27-30)28-14-4-6-15(7-5-14)34-22(23,24)25/h4-9,11,28-29H,1-3H3. The van der Waals surface area contributed by atoms with Crippen molar-refractivity contribution in [2.24, 2.45) is 0 Å². The van der Waals surface area contributed by atoms with E-state index in [0.717, 1.165) is 0 Å². The monoisotopic (exact) mass is 473 g/mol. The van der Waals surface area contributed by atoms with E-state index in [0.29, 0.717) is 51.2 Å². The normalized spacial score (nSPS) is 11.2. The summed E-state index contributed by atoms with van der Waals surface area (Å²) in [5, 5.41) is 16.8. The number of methoxy groups -OCH3 is 3. The van der Waals surface area contributed by atoms with Crippen molar-refractivity contribution in [3.63, 3.8) is 0 Å². The molecule has 0 aliphatic rings. The fourth-order valence-electron chi connectivity index (χ4n) is 3.43. The molecule has 2 aromatic carbocycles. The Morgan fingerprint density at radius 1 is 1.03 bits per heavy atom. The Labute approximate surface area is 191 Å². The molecule has 4 rings (SSSR count). The quantitative estimate of drug-likeness (QED) is 0.395. The van der Waals surface area contributed by atoms with Crippen LogP contribution in [0.15, 0.2) is 42.6 Å². The summed E-state index contributed by atoms with van der Waals surface area (Å²) in [6.07, 6.45) is -3.39. The van der Waals surface area contributed by atoms with Crippen molar-refractivity contribution in [1.29, 1.82) is 5.26 Å². The number of hydrogen-bond donors (Lipinski definition) is 2. The highest BCUT2D eigenvalue weighted by atomic mass is 19.4. The van der Waals surface area contributed by atoms with Crippen molar-refractivity contribution in [2.45, 2.75) is 6.36 Å². The molecule has 9 nitrogen and oxygen atoms in total. The van der Waals surface area contributed by atoms with Gasteiger partial charge < -0.3 is 29.2 Å². The summed E-state index contributed by atoms with van der Waals surface area (Å²) in [7, 11) is 4.46. The van der Waals surface area contributed by atoms with Gasteiger partial charge in [0.05, 0.1) is 33.2 Å². The van der Waals surface area contributed by atoms with Crippen LogP contribution in [0.1, 0.15) is 5.56 Å².